The highest BCUT2D eigenvalue weighted by Crippen LogP contribution is 2.38. The van der Waals surface area contributed by atoms with Crippen LogP contribution >= 0.6 is 11.8 Å². The van der Waals surface area contributed by atoms with Crippen LogP contribution in [0, 0.1) is 0 Å². The van der Waals surface area contributed by atoms with Crippen LogP contribution in [0.1, 0.15) is 6.92 Å². The summed E-state index contributed by atoms with van der Waals surface area (Å²) < 4.78 is 67.3. The lowest BCUT2D eigenvalue weighted by Crippen LogP contribution is -2.39. The van der Waals surface area contributed by atoms with E-state index in [4.69, 9.17) is 4.42 Å². The van der Waals surface area contributed by atoms with Crippen molar-refractivity contribution in [1.29, 1.82) is 0 Å². The topological polar surface area (TPSA) is 75.8 Å². The molecule has 0 N–H and O–H groups in total. The van der Waals surface area contributed by atoms with Crippen molar-refractivity contribution < 1.29 is 26.0 Å². The van der Waals surface area contributed by atoms with Crippen LogP contribution in [0.25, 0.3) is 11.1 Å². The molecule has 0 unspecified atom stereocenters. The lowest BCUT2D eigenvalue weighted by Gasteiger charge is -2.21. The molecule has 0 aliphatic carbocycles. The van der Waals surface area contributed by atoms with Gasteiger partial charge in [0, 0.05) is 17.6 Å². The number of anilines is 1. The minimum Gasteiger partial charge on any atom is -0.423 e. The molecule has 134 valence electrons. The second-order valence-electron chi connectivity index (χ2n) is 4.98. The smallest absolute Gasteiger partial charge is 0.423 e. The van der Waals surface area contributed by atoms with E-state index >= 15 is 0 Å². The third-order valence-corrected chi connectivity index (χ3v) is 5.64. The van der Waals surface area contributed by atoms with Crippen molar-refractivity contribution in [2.75, 3.05) is 17.2 Å². The normalized spacial score (nSPS) is 15.7. The van der Waals surface area contributed by atoms with Gasteiger partial charge in [-0.2, -0.15) is 18.2 Å². The van der Waals surface area contributed by atoms with E-state index in [1.54, 1.807) is 6.08 Å². The number of benzene rings is 1. The monoisotopic (exact) mass is 391 g/mol. The lowest BCUT2D eigenvalue weighted by atomic mass is 10.3. The number of aromatic nitrogens is 1. The number of rotatable bonds is 3. The maximum Gasteiger partial charge on any atom is 0.446 e. The maximum atomic E-state index is 12.5. The first-order valence-electron chi connectivity index (χ1n) is 7.09. The van der Waals surface area contributed by atoms with Crippen LogP contribution in [0.2, 0.25) is 0 Å². The van der Waals surface area contributed by atoms with Crippen molar-refractivity contribution in [3.8, 4) is 0 Å². The van der Waals surface area contributed by atoms with E-state index in [0.717, 1.165) is 0 Å². The second-order valence-corrected chi connectivity index (χ2v) is 8.29. The SMILES string of the molecule is CCS(=O)(=O)C1=NC=CCN1c1nc2cc(SC(F)(F)F)ccc2o1. The molecule has 1 aliphatic rings. The van der Waals surface area contributed by atoms with Crippen LogP contribution in [-0.4, -0.2) is 36.4 Å². The summed E-state index contributed by atoms with van der Waals surface area (Å²) >= 11 is -0.257. The third-order valence-electron chi connectivity index (χ3n) is 3.28. The zero-order chi connectivity index (χ0) is 18.2. The Balaban J connectivity index is 1.99. The van der Waals surface area contributed by atoms with E-state index in [1.165, 1.54) is 36.2 Å². The van der Waals surface area contributed by atoms with Crippen LogP contribution in [0.4, 0.5) is 19.2 Å². The molecule has 1 aromatic heterocycles. The highest BCUT2D eigenvalue weighted by atomic mass is 32.2. The zero-order valence-electron chi connectivity index (χ0n) is 12.8. The van der Waals surface area contributed by atoms with Gasteiger partial charge in [0.25, 0.3) is 0 Å². The summed E-state index contributed by atoms with van der Waals surface area (Å²) in [6, 6.07) is 3.84. The van der Waals surface area contributed by atoms with Crippen molar-refractivity contribution >= 4 is 43.9 Å². The van der Waals surface area contributed by atoms with Crippen LogP contribution in [0.5, 0.6) is 0 Å². The molecule has 25 heavy (non-hydrogen) atoms. The summed E-state index contributed by atoms with van der Waals surface area (Å²) in [6.07, 6.45) is 2.99. The van der Waals surface area contributed by atoms with Gasteiger partial charge in [-0.05, 0) is 36.0 Å². The van der Waals surface area contributed by atoms with Gasteiger partial charge >= 0.3 is 11.5 Å². The van der Waals surface area contributed by atoms with Gasteiger partial charge in [-0.1, -0.05) is 6.92 Å². The van der Waals surface area contributed by atoms with Gasteiger partial charge in [-0.3, -0.25) is 4.90 Å². The fourth-order valence-electron chi connectivity index (χ4n) is 2.16. The van der Waals surface area contributed by atoms with E-state index in [-0.39, 0.29) is 51.2 Å². The molecule has 6 nitrogen and oxygen atoms in total. The molecule has 0 saturated heterocycles. The number of hydrogen-bond donors (Lipinski definition) is 0. The number of alkyl halides is 3. The van der Waals surface area contributed by atoms with Gasteiger partial charge in [0.05, 0.1) is 5.75 Å². The summed E-state index contributed by atoms with van der Waals surface area (Å²) in [6.45, 7) is 1.66. The molecule has 2 aromatic rings. The van der Waals surface area contributed by atoms with Crippen molar-refractivity contribution in [1.82, 2.24) is 4.98 Å². The fourth-order valence-corrected chi connectivity index (χ4v) is 3.70. The maximum absolute atomic E-state index is 12.5. The summed E-state index contributed by atoms with van der Waals surface area (Å²) in [5.74, 6) is -0.150. The Labute approximate surface area is 145 Å². The Morgan fingerprint density at radius 3 is 2.80 bits per heavy atom. The molecule has 0 bridgehead atoms. The fraction of sp³-hybridized carbons (Fsp3) is 0.286. The highest BCUT2D eigenvalue weighted by Gasteiger charge is 2.31. The second kappa shape index (κ2) is 6.37. The molecule has 0 radical (unpaired) electrons. The third kappa shape index (κ3) is 3.82. The Morgan fingerprint density at radius 1 is 1.36 bits per heavy atom. The van der Waals surface area contributed by atoms with Crippen LogP contribution < -0.4 is 4.90 Å². The largest absolute Gasteiger partial charge is 0.446 e. The molecule has 11 heteroatoms. The number of halogens is 3. The van der Waals surface area contributed by atoms with Gasteiger partial charge in [0.1, 0.15) is 5.52 Å². The molecule has 0 atom stereocenters. The summed E-state index contributed by atoms with van der Waals surface area (Å²) in [5, 5.41) is -0.200. The van der Waals surface area contributed by atoms with Crippen LogP contribution in [0.3, 0.4) is 0 Å². The number of sulfone groups is 1. The number of fused-ring (bicyclic) bond motifs is 1. The first-order chi connectivity index (χ1) is 11.7. The van der Waals surface area contributed by atoms with E-state index < -0.39 is 15.3 Å². The predicted octanol–water partition coefficient (Wildman–Crippen LogP) is 3.56. The zero-order valence-corrected chi connectivity index (χ0v) is 14.5. The molecule has 3 rings (SSSR count). The number of aliphatic imine (C=N–C) groups is 1. The van der Waals surface area contributed by atoms with Gasteiger partial charge in [0.2, 0.25) is 15.0 Å². The van der Waals surface area contributed by atoms with Gasteiger partial charge in [-0.25, -0.2) is 13.4 Å². The Bertz CT molecular complexity index is 965. The molecule has 1 aliphatic heterocycles. The Hall–Kier alpha value is -2.01. The highest BCUT2D eigenvalue weighted by molar-refractivity contribution is 8.06. The molecular formula is C14H12F3N3O3S2. The molecule has 1 aromatic carbocycles. The predicted molar refractivity (Wildman–Crippen MR) is 89.3 cm³/mol. The van der Waals surface area contributed by atoms with Crippen LogP contribution in [-0.2, 0) is 9.84 Å². The first-order valence-corrected chi connectivity index (χ1v) is 9.56. The first kappa shape index (κ1) is 17.8. The quantitative estimate of drug-likeness (QED) is 0.745. The average molecular weight is 391 g/mol. The summed E-state index contributed by atoms with van der Waals surface area (Å²) in [5.41, 5.74) is -3.95. The summed E-state index contributed by atoms with van der Waals surface area (Å²) in [4.78, 5) is 9.25. The number of thioether (sulfide) groups is 1. The number of oxazole rings is 1. The Kier molecular flexibility index (Phi) is 4.54. The minimum absolute atomic E-state index is 0.0338. The number of nitrogens with zero attached hydrogens (tertiary/aromatic N) is 3. The molecule has 0 spiro atoms. The van der Waals surface area contributed by atoms with Gasteiger partial charge in [-0.15, -0.1) is 0 Å². The van der Waals surface area contributed by atoms with Crippen molar-refractivity contribution in [2.24, 2.45) is 4.99 Å². The number of amidine groups is 1. The number of hydrogen-bond acceptors (Lipinski definition) is 7. The molecule has 0 fully saturated rings. The van der Waals surface area contributed by atoms with Crippen molar-refractivity contribution in [3.05, 3.63) is 30.5 Å². The van der Waals surface area contributed by atoms with E-state index in [9.17, 15) is 21.6 Å². The van der Waals surface area contributed by atoms with Crippen molar-refractivity contribution in [3.63, 3.8) is 0 Å². The van der Waals surface area contributed by atoms with Gasteiger partial charge < -0.3 is 4.42 Å². The van der Waals surface area contributed by atoms with E-state index in [2.05, 4.69) is 9.98 Å². The molecular weight excluding hydrogens is 379 g/mol. The van der Waals surface area contributed by atoms with Crippen LogP contribution in [0.15, 0.2) is 44.8 Å². The Morgan fingerprint density at radius 2 is 2.12 bits per heavy atom. The summed E-state index contributed by atoms with van der Waals surface area (Å²) in [7, 11) is -3.62. The molecule has 0 saturated carbocycles. The molecule has 0 amide bonds. The lowest BCUT2D eigenvalue weighted by molar-refractivity contribution is -0.0328. The van der Waals surface area contributed by atoms with E-state index in [0.29, 0.717) is 0 Å². The minimum atomic E-state index is -4.41. The van der Waals surface area contributed by atoms with Gasteiger partial charge in [0.15, 0.2) is 5.58 Å². The van der Waals surface area contributed by atoms with Crippen molar-refractivity contribution in [2.45, 2.75) is 17.3 Å². The molecule has 2 heterocycles. The van der Waals surface area contributed by atoms with E-state index in [1.807, 2.05) is 0 Å². The standard InChI is InChI=1S/C14H12F3N3O3S2/c1-2-25(21,22)13-18-6-3-7-20(13)12-19-10-8-9(24-14(15,16)17)4-5-11(10)23-12/h3-6,8H,2,7H2,1H3. The average Bonchev–Trinajstić information content (AvgIpc) is 2.96.